The molecule has 0 saturated carbocycles. The first kappa shape index (κ1) is 24.5. The third kappa shape index (κ3) is 5.55. The molecule has 2 nitrogen and oxygen atoms in total. The van der Waals surface area contributed by atoms with E-state index in [-0.39, 0.29) is 0 Å². The van der Waals surface area contributed by atoms with Crippen LogP contribution in [0.1, 0.15) is 45.4 Å². The van der Waals surface area contributed by atoms with Crippen LogP contribution in [-0.4, -0.2) is 19.2 Å². The number of anilines is 1. The normalized spacial score (nSPS) is 12.6. The number of benzene rings is 4. The third-order valence-corrected chi connectivity index (χ3v) is 6.72. The second-order valence-corrected chi connectivity index (χ2v) is 9.72. The van der Waals surface area contributed by atoms with Crippen LogP contribution in [0.3, 0.4) is 0 Å². The van der Waals surface area contributed by atoms with Crippen molar-refractivity contribution in [3.05, 3.63) is 142 Å². The summed E-state index contributed by atoms with van der Waals surface area (Å²) in [6.07, 6.45) is 2.64. The largest absolute Gasteiger partial charge is 0.380 e. The second-order valence-electron chi connectivity index (χ2n) is 9.72. The Hall–Kier alpha value is -3.62. The Balaban J connectivity index is 1.82. The van der Waals surface area contributed by atoms with Gasteiger partial charge in [0.05, 0.1) is 0 Å². The van der Waals surface area contributed by atoms with Crippen molar-refractivity contribution >= 4 is 11.3 Å². The van der Waals surface area contributed by atoms with E-state index in [0.29, 0.717) is 6.42 Å². The molecule has 0 aromatic heterocycles. The minimum atomic E-state index is -1.15. The van der Waals surface area contributed by atoms with Crippen LogP contribution in [0.4, 0.5) is 5.69 Å². The molecule has 0 fully saturated rings. The predicted molar refractivity (Wildman–Crippen MR) is 149 cm³/mol. The highest BCUT2D eigenvalue weighted by molar-refractivity contribution is 5.80. The van der Waals surface area contributed by atoms with Gasteiger partial charge in [-0.25, -0.2) is 0 Å². The first-order valence-corrected chi connectivity index (χ1v) is 12.2. The molecular weight excluding hydrogens is 426 g/mol. The molecule has 0 aliphatic carbocycles. The number of nitrogens with zero attached hydrogens (tertiary/aromatic N) is 1. The summed E-state index contributed by atoms with van der Waals surface area (Å²) in [5.41, 5.74) is 8.79. The summed E-state index contributed by atoms with van der Waals surface area (Å²) in [6, 6.07) is 33.7. The fourth-order valence-corrected chi connectivity index (χ4v) is 4.39. The van der Waals surface area contributed by atoms with Crippen molar-refractivity contribution in [2.24, 2.45) is 0 Å². The van der Waals surface area contributed by atoms with Gasteiger partial charge in [-0.15, -0.1) is 0 Å². The van der Waals surface area contributed by atoms with Gasteiger partial charge in [-0.2, -0.15) is 0 Å². The van der Waals surface area contributed by atoms with Gasteiger partial charge in [-0.1, -0.05) is 108 Å². The maximum atomic E-state index is 12.2. The summed E-state index contributed by atoms with van der Waals surface area (Å²) < 4.78 is 0. The van der Waals surface area contributed by atoms with Crippen LogP contribution in [0.15, 0.2) is 103 Å². The zero-order chi connectivity index (χ0) is 25.0. The zero-order valence-electron chi connectivity index (χ0n) is 21.4. The van der Waals surface area contributed by atoms with Crippen LogP contribution >= 0.6 is 0 Å². The molecule has 0 saturated heterocycles. The van der Waals surface area contributed by atoms with Crippen molar-refractivity contribution in [2.45, 2.75) is 32.8 Å². The van der Waals surface area contributed by atoms with Crippen LogP contribution in [0, 0.1) is 20.8 Å². The Morgan fingerprint density at radius 3 is 1.40 bits per heavy atom. The maximum Gasteiger partial charge on any atom is 0.118 e. The Kier molecular flexibility index (Phi) is 7.23. The molecule has 4 aromatic carbocycles. The molecule has 0 radical (unpaired) electrons. The maximum absolute atomic E-state index is 12.2. The van der Waals surface area contributed by atoms with E-state index >= 15 is 0 Å². The van der Waals surface area contributed by atoms with E-state index in [9.17, 15) is 5.11 Å². The quantitative estimate of drug-likeness (QED) is 0.309. The lowest BCUT2D eigenvalue weighted by molar-refractivity contribution is 0.0842. The van der Waals surface area contributed by atoms with E-state index in [0.717, 1.165) is 33.5 Å². The van der Waals surface area contributed by atoms with E-state index in [2.05, 4.69) is 105 Å². The number of hydrogen-bond donors (Lipinski definition) is 1. The summed E-state index contributed by atoms with van der Waals surface area (Å²) in [5.74, 6) is 0. The Morgan fingerprint density at radius 1 is 0.629 bits per heavy atom. The lowest BCUT2D eigenvalue weighted by atomic mass is 9.81. The second kappa shape index (κ2) is 10.3. The van der Waals surface area contributed by atoms with Gasteiger partial charge in [0.15, 0.2) is 0 Å². The first-order valence-electron chi connectivity index (χ1n) is 12.2. The molecule has 0 aliphatic heterocycles. The SMILES string of the molecule is Cc1ccc(C(=CCC(O)(c2ccc(C)cc2)c2ccc(N(C)C)cc2)c2ccc(C)cc2)cc1. The zero-order valence-corrected chi connectivity index (χ0v) is 21.4. The van der Waals surface area contributed by atoms with Gasteiger partial charge in [0.1, 0.15) is 5.60 Å². The van der Waals surface area contributed by atoms with E-state index in [1.165, 1.54) is 16.7 Å². The van der Waals surface area contributed by atoms with Crippen molar-refractivity contribution in [1.29, 1.82) is 0 Å². The number of hydrogen-bond acceptors (Lipinski definition) is 2. The standard InChI is InChI=1S/C33H35NO/c1-24-6-12-27(13-7-24)32(28-14-8-25(2)9-15-28)22-23-33(35,29-16-10-26(3)11-17-29)30-18-20-31(21-19-30)34(4)5/h6-22,35H,23H2,1-5H3. The fourth-order valence-electron chi connectivity index (χ4n) is 4.39. The Bertz CT molecular complexity index is 1230. The predicted octanol–water partition coefficient (Wildman–Crippen LogP) is 7.44. The van der Waals surface area contributed by atoms with Crippen LogP contribution in [-0.2, 0) is 5.60 Å². The molecule has 0 amide bonds. The van der Waals surface area contributed by atoms with E-state index in [1.807, 2.05) is 38.4 Å². The van der Waals surface area contributed by atoms with Crippen molar-refractivity contribution in [3.63, 3.8) is 0 Å². The molecule has 35 heavy (non-hydrogen) atoms. The highest BCUT2D eigenvalue weighted by Crippen LogP contribution is 2.37. The number of rotatable bonds is 7. The molecule has 2 heteroatoms. The van der Waals surface area contributed by atoms with Gasteiger partial charge in [-0.05, 0) is 60.7 Å². The molecule has 0 bridgehead atoms. The topological polar surface area (TPSA) is 23.5 Å². The van der Waals surface area contributed by atoms with Crippen LogP contribution in [0.5, 0.6) is 0 Å². The summed E-state index contributed by atoms with van der Waals surface area (Å²) in [4.78, 5) is 2.07. The van der Waals surface area contributed by atoms with E-state index < -0.39 is 5.60 Å². The highest BCUT2D eigenvalue weighted by atomic mass is 16.3. The van der Waals surface area contributed by atoms with Crippen molar-refractivity contribution in [1.82, 2.24) is 0 Å². The van der Waals surface area contributed by atoms with Gasteiger partial charge in [0.2, 0.25) is 0 Å². The average molecular weight is 462 g/mol. The Labute approximate surface area is 210 Å². The smallest absolute Gasteiger partial charge is 0.118 e. The molecule has 0 spiro atoms. The van der Waals surface area contributed by atoms with Crippen molar-refractivity contribution < 1.29 is 5.11 Å². The van der Waals surface area contributed by atoms with E-state index in [4.69, 9.17) is 0 Å². The van der Waals surface area contributed by atoms with Gasteiger partial charge >= 0.3 is 0 Å². The molecule has 1 N–H and O–H groups in total. The number of aliphatic hydroxyl groups is 1. The lowest BCUT2D eigenvalue weighted by Gasteiger charge is -2.29. The molecule has 4 aromatic rings. The molecule has 0 heterocycles. The molecule has 178 valence electrons. The average Bonchev–Trinajstić information content (AvgIpc) is 2.86. The number of aryl methyl sites for hydroxylation is 3. The summed E-state index contributed by atoms with van der Waals surface area (Å²) >= 11 is 0. The Morgan fingerprint density at radius 2 is 1.00 bits per heavy atom. The molecular formula is C33H35NO. The van der Waals surface area contributed by atoms with Crippen LogP contribution < -0.4 is 4.90 Å². The highest BCUT2D eigenvalue weighted by Gasteiger charge is 2.31. The van der Waals surface area contributed by atoms with Crippen molar-refractivity contribution in [3.8, 4) is 0 Å². The summed E-state index contributed by atoms with van der Waals surface area (Å²) in [7, 11) is 4.05. The van der Waals surface area contributed by atoms with Gasteiger partial charge in [0.25, 0.3) is 0 Å². The molecule has 1 unspecified atom stereocenters. The van der Waals surface area contributed by atoms with Crippen LogP contribution in [0.2, 0.25) is 0 Å². The first-order chi connectivity index (χ1) is 16.8. The van der Waals surface area contributed by atoms with Crippen molar-refractivity contribution in [2.75, 3.05) is 19.0 Å². The fraction of sp³-hybridized carbons (Fsp3) is 0.212. The van der Waals surface area contributed by atoms with Gasteiger partial charge < -0.3 is 10.0 Å². The minimum Gasteiger partial charge on any atom is -0.380 e. The summed E-state index contributed by atoms with van der Waals surface area (Å²) in [5, 5.41) is 12.2. The van der Waals surface area contributed by atoms with E-state index in [1.54, 1.807) is 0 Å². The van der Waals surface area contributed by atoms with Gasteiger partial charge in [-0.3, -0.25) is 0 Å². The van der Waals surface area contributed by atoms with Crippen LogP contribution in [0.25, 0.3) is 5.57 Å². The lowest BCUT2D eigenvalue weighted by Crippen LogP contribution is -2.27. The summed E-state index contributed by atoms with van der Waals surface area (Å²) in [6.45, 7) is 6.28. The molecule has 4 rings (SSSR count). The molecule has 0 aliphatic rings. The monoisotopic (exact) mass is 461 g/mol. The molecule has 1 atom stereocenters. The minimum absolute atomic E-state index is 0.453. The van der Waals surface area contributed by atoms with Gasteiger partial charge in [0, 0.05) is 26.2 Å². The third-order valence-electron chi connectivity index (χ3n) is 6.72.